The zero-order valence-electron chi connectivity index (χ0n) is 14.3. The quantitative estimate of drug-likeness (QED) is 0.625. The van der Waals surface area contributed by atoms with Crippen LogP contribution < -0.4 is 10.3 Å². The van der Waals surface area contributed by atoms with Crippen LogP contribution in [0.15, 0.2) is 53.6 Å². The Kier molecular flexibility index (Phi) is 4.56. The Balaban J connectivity index is 1.53. The molecule has 28 heavy (non-hydrogen) atoms. The number of amides is 2. The van der Waals surface area contributed by atoms with E-state index in [0.717, 1.165) is 16.5 Å². The molecule has 0 saturated carbocycles. The monoisotopic (exact) mass is 401 g/mol. The van der Waals surface area contributed by atoms with Crippen LogP contribution in [0.2, 0.25) is 5.02 Å². The molecule has 0 unspecified atom stereocenters. The maximum Gasteiger partial charge on any atom is 0.355 e. The van der Waals surface area contributed by atoms with Gasteiger partial charge in [-0.05, 0) is 23.8 Å². The molecule has 1 saturated heterocycles. The van der Waals surface area contributed by atoms with Crippen LogP contribution in [-0.4, -0.2) is 29.5 Å². The van der Waals surface area contributed by atoms with Gasteiger partial charge >= 0.3 is 5.97 Å². The van der Waals surface area contributed by atoms with E-state index in [0.29, 0.717) is 0 Å². The van der Waals surface area contributed by atoms with E-state index in [1.54, 1.807) is 24.3 Å². The zero-order valence-corrected chi connectivity index (χ0v) is 15.0. The molecule has 0 radical (unpaired) electrons. The Morgan fingerprint density at radius 2 is 1.93 bits per heavy atom. The van der Waals surface area contributed by atoms with Gasteiger partial charge in [0.05, 0.1) is 10.7 Å². The Morgan fingerprint density at radius 3 is 2.64 bits per heavy atom. The highest BCUT2D eigenvalue weighted by molar-refractivity contribution is 6.46. The normalized spacial score (nSPS) is 20.6. The predicted octanol–water partition coefficient (Wildman–Crippen LogP) is 2.04. The number of ether oxygens (including phenoxy) is 1. The lowest BCUT2D eigenvalue weighted by molar-refractivity contribution is -0.137. The Morgan fingerprint density at radius 1 is 1.18 bits per heavy atom. The van der Waals surface area contributed by atoms with Gasteiger partial charge in [-0.15, -0.1) is 0 Å². The highest BCUT2D eigenvalue weighted by Gasteiger charge is 2.55. The fourth-order valence-electron chi connectivity index (χ4n) is 3.13. The minimum atomic E-state index is -1.13. The molecule has 2 aliphatic heterocycles. The maximum atomic E-state index is 13.7. The molecule has 2 aliphatic rings. The third-order valence-electron chi connectivity index (χ3n) is 4.51. The molecule has 2 aromatic rings. The van der Waals surface area contributed by atoms with Crippen molar-refractivity contribution >= 4 is 40.8 Å². The van der Waals surface area contributed by atoms with Gasteiger partial charge in [0.2, 0.25) is 5.91 Å². The number of anilines is 1. The maximum absolute atomic E-state index is 13.7. The number of benzene rings is 2. The van der Waals surface area contributed by atoms with Crippen LogP contribution in [0.5, 0.6) is 0 Å². The van der Waals surface area contributed by atoms with Gasteiger partial charge in [0.15, 0.2) is 5.71 Å². The summed E-state index contributed by atoms with van der Waals surface area (Å²) in [6, 6.07) is 11.6. The van der Waals surface area contributed by atoms with Crippen LogP contribution in [0.1, 0.15) is 5.56 Å². The largest absolute Gasteiger partial charge is 0.456 e. The van der Waals surface area contributed by atoms with Gasteiger partial charge in [0.25, 0.3) is 5.91 Å². The third-order valence-corrected chi connectivity index (χ3v) is 4.81. The van der Waals surface area contributed by atoms with Crippen molar-refractivity contribution in [2.24, 2.45) is 11.0 Å². The summed E-state index contributed by atoms with van der Waals surface area (Å²) in [5.41, 5.74) is 3.13. The first-order chi connectivity index (χ1) is 13.5. The first-order valence-electron chi connectivity index (χ1n) is 8.34. The van der Waals surface area contributed by atoms with Gasteiger partial charge in [0, 0.05) is 0 Å². The molecule has 1 N–H and O–H groups in total. The molecule has 0 aromatic heterocycles. The lowest BCUT2D eigenvalue weighted by atomic mass is 9.99. The van der Waals surface area contributed by atoms with Crippen LogP contribution in [0.25, 0.3) is 0 Å². The number of carbonyl (C=O) groups excluding carboxylic acids is 3. The summed E-state index contributed by atoms with van der Waals surface area (Å²) in [5, 5.41) is 3.69. The van der Waals surface area contributed by atoms with Crippen molar-refractivity contribution in [3.63, 3.8) is 0 Å². The number of rotatable bonds is 4. The SMILES string of the molecule is O=C(OCc1ccccc1)C1=NN[C@@H]2C(=O)N(c3ccc(Cl)c(F)c3)C(=O)[C@H]12. The minimum absolute atomic E-state index is 0.00429. The molecular formula is C19H13ClFN3O4. The average molecular weight is 402 g/mol. The standard InChI is InChI=1S/C19H13ClFN3O4/c20-12-7-6-11(8-13(12)21)24-17(25)14-15(18(24)26)22-23-16(14)19(27)28-9-10-4-2-1-3-5-10/h1-8,14-15,22H,9H2/t14-,15-/m0/s1. The number of nitrogens with zero attached hydrogens (tertiary/aromatic N) is 2. The Hall–Kier alpha value is -3.26. The molecule has 142 valence electrons. The van der Waals surface area contributed by atoms with E-state index in [2.05, 4.69) is 10.5 Å². The number of nitrogens with one attached hydrogen (secondary N) is 1. The predicted molar refractivity (Wildman–Crippen MR) is 98.0 cm³/mol. The number of esters is 1. The van der Waals surface area contributed by atoms with E-state index in [4.69, 9.17) is 16.3 Å². The second-order valence-electron chi connectivity index (χ2n) is 6.25. The smallest absolute Gasteiger partial charge is 0.355 e. The molecule has 4 rings (SSSR count). The van der Waals surface area contributed by atoms with Crippen LogP contribution in [0, 0.1) is 11.7 Å². The van der Waals surface area contributed by atoms with Gasteiger partial charge in [-0.1, -0.05) is 41.9 Å². The highest BCUT2D eigenvalue weighted by atomic mass is 35.5. The molecule has 2 amide bonds. The van der Waals surface area contributed by atoms with Crippen LogP contribution >= 0.6 is 11.6 Å². The van der Waals surface area contributed by atoms with Gasteiger partial charge < -0.3 is 4.74 Å². The fourth-order valence-corrected chi connectivity index (χ4v) is 3.25. The molecule has 2 heterocycles. The van der Waals surface area contributed by atoms with Crippen molar-refractivity contribution in [2.75, 3.05) is 4.90 Å². The summed E-state index contributed by atoms with van der Waals surface area (Å²) in [6.07, 6.45) is 0. The minimum Gasteiger partial charge on any atom is -0.456 e. The second kappa shape index (κ2) is 7.05. The molecule has 9 heteroatoms. The van der Waals surface area contributed by atoms with Crippen molar-refractivity contribution < 1.29 is 23.5 Å². The molecule has 2 aromatic carbocycles. The molecule has 0 spiro atoms. The van der Waals surface area contributed by atoms with E-state index >= 15 is 0 Å². The summed E-state index contributed by atoms with van der Waals surface area (Å²) in [5.74, 6) is -4.01. The van der Waals surface area contributed by atoms with Gasteiger partial charge in [-0.2, -0.15) is 5.10 Å². The average Bonchev–Trinajstić information content (AvgIpc) is 3.24. The molecule has 0 bridgehead atoms. The molecule has 2 atom stereocenters. The number of hydrazone groups is 1. The van der Waals surface area contributed by atoms with Gasteiger partial charge in [-0.3, -0.25) is 15.0 Å². The van der Waals surface area contributed by atoms with E-state index in [1.807, 2.05) is 6.07 Å². The summed E-state index contributed by atoms with van der Waals surface area (Å²) < 4.78 is 19.0. The number of hydrogen-bond donors (Lipinski definition) is 1. The van der Waals surface area contributed by atoms with Crippen molar-refractivity contribution in [1.29, 1.82) is 0 Å². The van der Waals surface area contributed by atoms with E-state index in [-0.39, 0.29) is 23.0 Å². The van der Waals surface area contributed by atoms with Gasteiger partial charge in [-0.25, -0.2) is 14.1 Å². The lowest BCUT2D eigenvalue weighted by Gasteiger charge is -2.16. The number of halogens is 2. The first kappa shape index (κ1) is 18.1. The molecular weight excluding hydrogens is 389 g/mol. The topological polar surface area (TPSA) is 88.1 Å². The summed E-state index contributed by atoms with van der Waals surface area (Å²) >= 11 is 5.65. The fraction of sp³-hybridized carbons (Fsp3) is 0.158. The molecule has 1 fully saturated rings. The number of carbonyl (C=O) groups is 3. The number of fused-ring (bicyclic) bond motifs is 1. The van der Waals surface area contributed by atoms with Crippen LogP contribution in [-0.2, 0) is 25.7 Å². The Labute approximate surface area is 163 Å². The van der Waals surface area contributed by atoms with E-state index in [9.17, 15) is 18.8 Å². The second-order valence-corrected chi connectivity index (χ2v) is 6.66. The van der Waals surface area contributed by atoms with Crippen LogP contribution in [0.4, 0.5) is 10.1 Å². The van der Waals surface area contributed by atoms with Crippen molar-refractivity contribution in [2.45, 2.75) is 12.6 Å². The van der Waals surface area contributed by atoms with E-state index < -0.39 is 35.6 Å². The van der Waals surface area contributed by atoms with Crippen molar-refractivity contribution in [1.82, 2.24) is 5.43 Å². The van der Waals surface area contributed by atoms with Crippen molar-refractivity contribution in [3.8, 4) is 0 Å². The van der Waals surface area contributed by atoms with Crippen molar-refractivity contribution in [3.05, 3.63) is 64.9 Å². The number of hydrogen-bond acceptors (Lipinski definition) is 6. The highest BCUT2D eigenvalue weighted by Crippen LogP contribution is 2.32. The molecule has 0 aliphatic carbocycles. The first-order valence-corrected chi connectivity index (χ1v) is 8.72. The molecule has 7 nitrogen and oxygen atoms in total. The van der Waals surface area contributed by atoms with Crippen LogP contribution in [0.3, 0.4) is 0 Å². The third kappa shape index (κ3) is 3.01. The number of imide groups is 1. The summed E-state index contributed by atoms with van der Waals surface area (Å²) in [7, 11) is 0. The summed E-state index contributed by atoms with van der Waals surface area (Å²) in [4.78, 5) is 38.6. The van der Waals surface area contributed by atoms with Gasteiger partial charge in [0.1, 0.15) is 24.4 Å². The zero-order chi connectivity index (χ0) is 19.8. The van der Waals surface area contributed by atoms with E-state index in [1.165, 1.54) is 12.1 Å². The Bertz CT molecular complexity index is 1010. The lowest BCUT2D eigenvalue weighted by Crippen LogP contribution is -2.36. The summed E-state index contributed by atoms with van der Waals surface area (Å²) in [6.45, 7) is 0.00429.